The molecule has 6 nitrogen and oxygen atoms in total. The summed E-state index contributed by atoms with van der Waals surface area (Å²) in [5, 5.41) is 23.5. The van der Waals surface area contributed by atoms with Crippen molar-refractivity contribution in [1.82, 2.24) is 9.78 Å². The van der Waals surface area contributed by atoms with Gasteiger partial charge in [-0.25, -0.2) is 0 Å². The van der Waals surface area contributed by atoms with Crippen LogP contribution in [0.15, 0.2) is 0 Å². The first-order valence-electron chi connectivity index (χ1n) is 5.97. The number of aromatic nitrogens is 2. The van der Waals surface area contributed by atoms with Crippen LogP contribution in [0.2, 0.25) is 0 Å². The molecule has 0 saturated carbocycles. The van der Waals surface area contributed by atoms with E-state index in [1.54, 1.807) is 4.68 Å². The molecule has 1 aromatic rings. The van der Waals surface area contributed by atoms with Gasteiger partial charge in [0.05, 0.1) is 23.6 Å². The van der Waals surface area contributed by atoms with E-state index in [4.69, 9.17) is 5.73 Å². The van der Waals surface area contributed by atoms with Crippen LogP contribution in [-0.2, 0) is 13.5 Å². The normalized spacial score (nSPS) is 24.6. The third-order valence-corrected chi connectivity index (χ3v) is 3.17. The Kier molecular flexibility index (Phi) is 3.26. The molecule has 6 heteroatoms. The lowest BCUT2D eigenvalue weighted by atomic mass is 10.2. The van der Waals surface area contributed by atoms with Gasteiger partial charge in [-0.15, -0.1) is 0 Å². The quantitative estimate of drug-likeness (QED) is 0.663. The summed E-state index contributed by atoms with van der Waals surface area (Å²) in [7, 11) is 1.84. The zero-order valence-electron chi connectivity index (χ0n) is 10.3. The number of aliphatic hydroxyl groups excluding tert-OH is 2. The summed E-state index contributed by atoms with van der Waals surface area (Å²) in [5.74, 6) is 0.795. The lowest BCUT2D eigenvalue weighted by Gasteiger charge is -2.18. The Balaban J connectivity index is 2.27. The van der Waals surface area contributed by atoms with Crippen molar-refractivity contribution in [3.63, 3.8) is 0 Å². The Labute approximate surface area is 101 Å². The maximum atomic E-state index is 9.56. The number of hydrogen-bond acceptors (Lipinski definition) is 5. The maximum Gasteiger partial charge on any atom is 0.150 e. The van der Waals surface area contributed by atoms with E-state index in [0.717, 1.165) is 24.4 Å². The lowest BCUT2D eigenvalue weighted by molar-refractivity contribution is 0.0572. The monoisotopic (exact) mass is 240 g/mol. The Morgan fingerprint density at radius 2 is 1.94 bits per heavy atom. The third-order valence-electron chi connectivity index (χ3n) is 3.17. The third kappa shape index (κ3) is 2.10. The number of aryl methyl sites for hydroxylation is 2. The van der Waals surface area contributed by atoms with Crippen molar-refractivity contribution in [2.75, 3.05) is 23.7 Å². The van der Waals surface area contributed by atoms with Crippen LogP contribution in [0.25, 0.3) is 0 Å². The minimum absolute atomic E-state index is 0.399. The minimum Gasteiger partial charge on any atom is -0.394 e. The summed E-state index contributed by atoms with van der Waals surface area (Å²) in [6.45, 7) is 2.88. The topological polar surface area (TPSA) is 87.5 Å². The first-order chi connectivity index (χ1) is 8.04. The molecule has 0 bridgehead atoms. The number of anilines is 2. The van der Waals surface area contributed by atoms with Gasteiger partial charge in [0, 0.05) is 20.1 Å². The Bertz CT molecular complexity index is 394. The molecule has 0 aromatic carbocycles. The highest BCUT2D eigenvalue weighted by Crippen LogP contribution is 2.29. The zero-order valence-corrected chi connectivity index (χ0v) is 10.3. The smallest absolute Gasteiger partial charge is 0.150 e. The van der Waals surface area contributed by atoms with Crippen molar-refractivity contribution >= 4 is 11.5 Å². The minimum atomic E-state index is -0.709. The van der Waals surface area contributed by atoms with Crippen LogP contribution in [0.4, 0.5) is 11.5 Å². The molecule has 2 heterocycles. The predicted octanol–water partition coefficient (Wildman–Crippen LogP) is -0.503. The summed E-state index contributed by atoms with van der Waals surface area (Å²) in [6, 6.07) is 0. The molecule has 1 aliphatic rings. The molecule has 1 aromatic heterocycles. The number of nitrogens with zero attached hydrogens (tertiary/aromatic N) is 3. The second kappa shape index (κ2) is 4.54. The van der Waals surface area contributed by atoms with E-state index in [9.17, 15) is 10.2 Å². The van der Waals surface area contributed by atoms with Crippen LogP contribution in [0.3, 0.4) is 0 Å². The molecule has 1 saturated heterocycles. The number of nitrogens with two attached hydrogens (primary N) is 1. The fourth-order valence-electron chi connectivity index (χ4n) is 2.32. The van der Waals surface area contributed by atoms with Crippen LogP contribution in [-0.4, -0.2) is 45.3 Å². The van der Waals surface area contributed by atoms with Gasteiger partial charge in [-0.1, -0.05) is 13.3 Å². The summed E-state index contributed by atoms with van der Waals surface area (Å²) in [6.07, 6.45) is 0.419. The molecule has 0 amide bonds. The van der Waals surface area contributed by atoms with Crippen LogP contribution >= 0.6 is 0 Å². The van der Waals surface area contributed by atoms with Crippen LogP contribution < -0.4 is 10.6 Å². The second-order valence-electron chi connectivity index (χ2n) is 4.60. The van der Waals surface area contributed by atoms with E-state index >= 15 is 0 Å². The fraction of sp³-hybridized carbons (Fsp3) is 0.727. The van der Waals surface area contributed by atoms with Gasteiger partial charge < -0.3 is 20.8 Å². The van der Waals surface area contributed by atoms with Crippen LogP contribution in [0.1, 0.15) is 19.0 Å². The average Bonchev–Trinajstić information content (AvgIpc) is 2.71. The molecule has 17 heavy (non-hydrogen) atoms. The largest absolute Gasteiger partial charge is 0.394 e. The second-order valence-corrected chi connectivity index (χ2v) is 4.60. The molecule has 0 spiro atoms. The number of β-amino-alcohol motifs (C(OH)–C–C–N with tert-alkyl or cyclic N) is 2. The Morgan fingerprint density at radius 3 is 2.47 bits per heavy atom. The van der Waals surface area contributed by atoms with Crippen molar-refractivity contribution < 1.29 is 10.2 Å². The van der Waals surface area contributed by atoms with Crippen molar-refractivity contribution in [2.45, 2.75) is 32.0 Å². The summed E-state index contributed by atoms with van der Waals surface area (Å²) < 4.78 is 1.73. The van der Waals surface area contributed by atoms with E-state index in [1.807, 2.05) is 11.9 Å². The molecule has 4 N–H and O–H groups in total. The van der Waals surface area contributed by atoms with Crippen molar-refractivity contribution in [3.05, 3.63) is 5.69 Å². The first kappa shape index (κ1) is 12.2. The molecule has 2 atom stereocenters. The van der Waals surface area contributed by atoms with E-state index < -0.39 is 12.2 Å². The highest BCUT2D eigenvalue weighted by Gasteiger charge is 2.32. The van der Waals surface area contributed by atoms with Crippen molar-refractivity contribution in [1.29, 1.82) is 0 Å². The lowest BCUT2D eigenvalue weighted by Crippen LogP contribution is -2.24. The molecule has 0 aliphatic carbocycles. The van der Waals surface area contributed by atoms with Crippen LogP contribution in [0, 0.1) is 0 Å². The van der Waals surface area contributed by atoms with Gasteiger partial charge in [-0.3, -0.25) is 4.68 Å². The molecule has 1 fully saturated rings. The van der Waals surface area contributed by atoms with E-state index in [-0.39, 0.29) is 0 Å². The molecule has 1 aliphatic heterocycles. The molecule has 0 radical (unpaired) electrons. The van der Waals surface area contributed by atoms with Gasteiger partial charge in [0.25, 0.3) is 0 Å². The number of nitrogen functional groups attached to an aromatic ring is 1. The predicted molar refractivity (Wildman–Crippen MR) is 65.8 cm³/mol. The van der Waals surface area contributed by atoms with Crippen molar-refractivity contribution in [3.8, 4) is 0 Å². The first-order valence-corrected chi connectivity index (χ1v) is 5.97. The zero-order chi connectivity index (χ0) is 12.6. The average molecular weight is 240 g/mol. The highest BCUT2D eigenvalue weighted by atomic mass is 16.3. The summed E-state index contributed by atoms with van der Waals surface area (Å²) in [4.78, 5) is 1.89. The number of aliphatic hydroxyl groups is 2. The van der Waals surface area contributed by atoms with Gasteiger partial charge in [0.15, 0.2) is 5.82 Å². The van der Waals surface area contributed by atoms with E-state index in [1.165, 1.54) is 0 Å². The van der Waals surface area contributed by atoms with Gasteiger partial charge in [-0.05, 0) is 6.42 Å². The molecule has 96 valence electrons. The van der Waals surface area contributed by atoms with Gasteiger partial charge >= 0.3 is 0 Å². The highest BCUT2D eigenvalue weighted by molar-refractivity contribution is 5.67. The van der Waals surface area contributed by atoms with Crippen molar-refractivity contribution in [2.24, 2.45) is 7.05 Å². The Hall–Kier alpha value is -1.27. The summed E-state index contributed by atoms with van der Waals surface area (Å²) >= 11 is 0. The van der Waals surface area contributed by atoms with Gasteiger partial charge in [0.1, 0.15) is 0 Å². The van der Waals surface area contributed by atoms with E-state index in [0.29, 0.717) is 18.8 Å². The van der Waals surface area contributed by atoms with Crippen LogP contribution in [0.5, 0.6) is 0 Å². The Morgan fingerprint density at radius 1 is 1.35 bits per heavy atom. The molecule has 2 rings (SSSR count). The fourth-order valence-corrected chi connectivity index (χ4v) is 2.32. The maximum absolute atomic E-state index is 9.56. The number of hydrogen-bond donors (Lipinski definition) is 3. The number of rotatable bonds is 3. The standard InChI is InChI=1S/C11H20N4O2/c1-3-4-7-10(12)11(14(2)13-7)15-5-8(16)9(17)6-15/h8-9,16-17H,3-6,12H2,1-2H3. The van der Waals surface area contributed by atoms with Gasteiger partial charge in [0.2, 0.25) is 0 Å². The van der Waals surface area contributed by atoms with Gasteiger partial charge in [-0.2, -0.15) is 5.10 Å². The van der Waals surface area contributed by atoms with E-state index in [2.05, 4.69) is 12.0 Å². The molecular weight excluding hydrogens is 220 g/mol. The molecule has 2 unspecified atom stereocenters. The molecular formula is C11H20N4O2. The SMILES string of the molecule is CCCc1nn(C)c(N2CC(O)C(O)C2)c1N. The summed E-state index contributed by atoms with van der Waals surface area (Å²) in [5.41, 5.74) is 7.63.